The van der Waals surface area contributed by atoms with Crippen LogP contribution in [-0.2, 0) is 11.4 Å². The molecule has 5 aromatic rings. The normalized spacial score (nSPS) is 15.1. The number of hydrogen-bond acceptors (Lipinski definition) is 6. The number of fused-ring (bicyclic) bond motifs is 2. The molecule has 1 atom stereocenters. The zero-order valence-electron chi connectivity index (χ0n) is 19.6. The number of hydrogen-bond donors (Lipinski definition) is 1. The molecule has 180 valence electrons. The average molecular weight is 500 g/mol. The number of carbonyl (C=O) groups excluding carboxylic acids is 1. The Labute approximate surface area is 211 Å². The fourth-order valence-electron chi connectivity index (χ4n) is 4.67. The predicted molar refractivity (Wildman–Crippen MR) is 135 cm³/mol. The van der Waals surface area contributed by atoms with E-state index in [0.29, 0.717) is 34.7 Å². The Morgan fingerprint density at radius 2 is 1.92 bits per heavy atom. The van der Waals surface area contributed by atoms with Crippen LogP contribution in [0.15, 0.2) is 60.7 Å². The van der Waals surface area contributed by atoms with Crippen molar-refractivity contribution in [2.24, 2.45) is 0 Å². The maximum atomic E-state index is 12.9. The third-order valence-corrected chi connectivity index (χ3v) is 6.54. The molecule has 1 amide bonds. The number of amides is 1. The molecule has 0 saturated heterocycles. The molecular weight excluding hydrogens is 478 g/mol. The van der Waals surface area contributed by atoms with Gasteiger partial charge in [-0.15, -0.1) is 15.3 Å². The Kier molecular flexibility index (Phi) is 5.41. The molecule has 9 nitrogen and oxygen atoms in total. The van der Waals surface area contributed by atoms with Gasteiger partial charge < -0.3 is 10.1 Å². The van der Waals surface area contributed by atoms with Crippen molar-refractivity contribution in [1.82, 2.24) is 29.6 Å². The fraction of sp³-hybridized carbons (Fsp3) is 0.192. The van der Waals surface area contributed by atoms with Gasteiger partial charge in [0.1, 0.15) is 18.2 Å². The third-order valence-electron chi connectivity index (χ3n) is 6.30. The van der Waals surface area contributed by atoms with Crippen molar-refractivity contribution in [3.05, 3.63) is 93.9 Å². The first kappa shape index (κ1) is 22.2. The largest absolute Gasteiger partial charge is 0.489 e. The Balaban J connectivity index is 1.40. The van der Waals surface area contributed by atoms with Crippen molar-refractivity contribution < 1.29 is 9.53 Å². The van der Waals surface area contributed by atoms with Gasteiger partial charge in [0.15, 0.2) is 17.3 Å². The van der Waals surface area contributed by atoms with E-state index < -0.39 is 0 Å². The van der Waals surface area contributed by atoms with E-state index in [-0.39, 0.29) is 18.2 Å². The molecule has 10 heteroatoms. The van der Waals surface area contributed by atoms with Gasteiger partial charge in [0.05, 0.1) is 5.69 Å². The van der Waals surface area contributed by atoms with Crippen LogP contribution in [0, 0.1) is 13.8 Å². The van der Waals surface area contributed by atoms with Gasteiger partial charge in [-0.1, -0.05) is 41.9 Å². The molecule has 1 aliphatic heterocycles. The molecule has 0 fully saturated rings. The van der Waals surface area contributed by atoms with E-state index in [1.54, 1.807) is 9.20 Å². The van der Waals surface area contributed by atoms with Crippen molar-refractivity contribution >= 4 is 29.0 Å². The van der Waals surface area contributed by atoms with Crippen molar-refractivity contribution in [3.8, 4) is 11.6 Å². The summed E-state index contributed by atoms with van der Waals surface area (Å²) in [6.07, 6.45) is 0.286. The lowest BCUT2D eigenvalue weighted by molar-refractivity contribution is -0.116. The van der Waals surface area contributed by atoms with Crippen molar-refractivity contribution in [3.63, 3.8) is 0 Å². The summed E-state index contributed by atoms with van der Waals surface area (Å²) in [6, 6.07) is 19.0. The van der Waals surface area contributed by atoms with Crippen LogP contribution >= 0.6 is 11.6 Å². The van der Waals surface area contributed by atoms with Crippen LogP contribution < -0.4 is 10.1 Å². The average Bonchev–Trinajstić information content (AvgIpc) is 3.41. The Hall–Kier alpha value is -4.24. The monoisotopic (exact) mass is 499 g/mol. The molecule has 1 aliphatic rings. The third kappa shape index (κ3) is 3.87. The molecule has 4 heterocycles. The minimum absolute atomic E-state index is 0.0974. The second kappa shape index (κ2) is 8.76. The zero-order valence-corrected chi connectivity index (χ0v) is 20.4. The predicted octanol–water partition coefficient (Wildman–Crippen LogP) is 4.63. The second-order valence-corrected chi connectivity index (χ2v) is 9.17. The maximum Gasteiger partial charge on any atom is 0.226 e. The molecule has 2 aromatic carbocycles. The van der Waals surface area contributed by atoms with Gasteiger partial charge in [-0.25, -0.2) is 0 Å². The van der Waals surface area contributed by atoms with E-state index in [0.717, 1.165) is 28.1 Å². The van der Waals surface area contributed by atoms with Gasteiger partial charge in [0, 0.05) is 28.5 Å². The molecule has 3 aromatic heterocycles. The molecular formula is C26H22ClN7O2. The minimum atomic E-state index is -0.224. The number of carbonyl (C=O) groups is 1. The lowest BCUT2D eigenvalue weighted by atomic mass is 9.85. The molecule has 0 radical (unpaired) electrons. The summed E-state index contributed by atoms with van der Waals surface area (Å²) >= 11 is 6.13. The van der Waals surface area contributed by atoms with E-state index in [9.17, 15) is 4.79 Å². The molecule has 0 unspecified atom stereocenters. The number of rotatable bonds is 5. The topological polar surface area (TPSA) is 99.2 Å². The lowest BCUT2D eigenvalue weighted by Gasteiger charge is -2.26. The summed E-state index contributed by atoms with van der Waals surface area (Å²) in [4.78, 5) is 12.9. The highest BCUT2D eigenvalue weighted by Crippen LogP contribution is 2.43. The number of benzene rings is 2. The lowest BCUT2D eigenvalue weighted by Crippen LogP contribution is -2.25. The molecule has 36 heavy (non-hydrogen) atoms. The van der Waals surface area contributed by atoms with Crippen molar-refractivity contribution in [1.29, 1.82) is 0 Å². The number of para-hydroxylation sites is 1. The van der Waals surface area contributed by atoms with Gasteiger partial charge in [0.2, 0.25) is 5.91 Å². The zero-order chi connectivity index (χ0) is 24.8. The summed E-state index contributed by atoms with van der Waals surface area (Å²) in [5.41, 5.74) is 4.28. The van der Waals surface area contributed by atoms with Gasteiger partial charge >= 0.3 is 0 Å². The Morgan fingerprint density at radius 3 is 2.78 bits per heavy atom. The van der Waals surface area contributed by atoms with Crippen molar-refractivity contribution in [2.45, 2.75) is 32.8 Å². The van der Waals surface area contributed by atoms with Crippen LogP contribution in [0.4, 0.5) is 5.82 Å². The van der Waals surface area contributed by atoms with Crippen LogP contribution in [0.1, 0.15) is 40.5 Å². The van der Waals surface area contributed by atoms with E-state index in [2.05, 4.69) is 20.6 Å². The molecule has 0 aliphatic carbocycles. The highest BCUT2D eigenvalue weighted by Gasteiger charge is 2.34. The van der Waals surface area contributed by atoms with Crippen LogP contribution in [-0.4, -0.2) is 35.5 Å². The fourth-order valence-corrected chi connectivity index (χ4v) is 4.88. The first-order valence-corrected chi connectivity index (χ1v) is 11.9. The molecule has 1 N–H and O–H groups in total. The van der Waals surface area contributed by atoms with Gasteiger partial charge in [-0.2, -0.15) is 14.3 Å². The smallest absolute Gasteiger partial charge is 0.226 e. The minimum Gasteiger partial charge on any atom is -0.489 e. The van der Waals surface area contributed by atoms with E-state index >= 15 is 0 Å². The molecule has 0 bridgehead atoms. The highest BCUT2D eigenvalue weighted by molar-refractivity contribution is 6.30. The van der Waals surface area contributed by atoms with Gasteiger partial charge in [0.25, 0.3) is 0 Å². The number of ether oxygens (including phenoxy) is 1. The number of aryl methyl sites for hydroxylation is 2. The summed E-state index contributed by atoms with van der Waals surface area (Å²) < 4.78 is 9.54. The molecule has 0 spiro atoms. The van der Waals surface area contributed by atoms with E-state index in [1.807, 2.05) is 74.5 Å². The number of nitrogens with one attached hydrogen (secondary N) is 1. The second-order valence-electron chi connectivity index (χ2n) is 8.73. The van der Waals surface area contributed by atoms with Crippen molar-refractivity contribution in [2.75, 3.05) is 5.32 Å². The summed E-state index contributed by atoms with van der Waals surface area (Å²) in [5.74, 6) is 2.22. The number of nitrogens with zero attached hydrogens (tertiary/aromatic N) is 6. The van der Waals surface area contributed by atoms with Crippen LogP contribution in [0.3, 0.4) is 0 Å². The summed E-state index contributed by atoms with van der Waals surface area (Å²) in [6.45, 7) is 4.14. The van der Waals surface area contributed by atoms with E-state index in [1.165, 1.54) is 0 Å². The quantitative estimate of drug-likeness (QED) is 0.378. The highest BCUT2D eigenvalue weighted by atomic mass is 35.5. The van der Waals surface area contributed by atoms with E-state index in [4.69, 9.17) is 21.4 Å². The van der Waals surface area contributed by atoms with Crippen LogP contribution in [0.5, 0.6) is 5.75 Å². The standard InChI is InChI=1S/C26H22ClN7O2/c1-15-25-20(19-8-3-4-9-21(19)36-14-17-6-5-7-18(27)12-17)13-24(35)28-26(25)34(31-15)23-11-10-22-30-29-16(2)33(22)32-23/h3-12,20H,13-14H2,1-2H3,(H,28,35)/t20-/m0/s1. The Bertz CT molecular complexity index is 1620. The maximum absolute atomic E-state index is 12.9. The van der Waals surface area contributed by atoms with Gasteiger partial charge in [-0.3, -0.25) is 4.79 Å². The summed E-state index contributed by atoms with van der Waals surface area (Å²) in [5, 5.41) is 21.2. The number of anilines is 1. The van der Waals surface area contributed by atoms with Crippen LogP contribution in [0.25, 0.3) is 11.5 Å². The molecule has 6 rings (SSSR count). The first-order chi connectivity index (χ1) is 17.5. The number of aromatic nitrogens is 6. The first-order valence-electron chi connectivity index (χ1n) is 11.5. The van der Waals surface area contributed by atoms with Crippen LogP contribution in [0.2, 0.25) is 5.02 Å². The van der Waals surface area contributed by atoms with Gasteiger partial charge in [-0.05, 0) is 49.7 Å². The Morgan fingerprint density at radius 1 is 1.06 bits per heavy atom. The summed E-state index contributed by atoms with van der Waals surface area (Å²) in [7, 11) is 0. The SMILES string of the molecule is Cc1nn(-c2ccc3nnc(C)n3n2)c2c1[C@H](c1ccccc1OCc1cccc(Cl)c1)CC(=O)N2. The molecule has 0 saturated carbocycles. The number of halogens is 1.